The van der Waals surface area contributed by atoms with Gasteiger partial charge >= 0.3 is 6.16 Å². The van der Waals surface area contributed by atoms with Crippen molar-refractivity contribution in [3.63, 3.8) is 0 Å². The van der Waals surface area contributed by atoms with Gasteiger partial charge in [-0.25, -0.2) is 4.79 Å². The van der Waals surface area contributed by atoms with Crippen LogP contribution in [-0.4, -0.2) is 87.8 Å². The predicted molar refractivity (Wildman–Crippen MR) is 167 cm³/mol. The number of methoxy groups -OCH3 is 1. The molecule has 1 saturated heterocycles. The van der Waals surface area contributed by atoms with Crippen molar-refractivity contribution in [1.82, 2.24) is 0 Å². The van der Waals surface area contributed by atoms with Crippen LogP contribution in [0.3, 0.4) is 0 Å². The van der Waals surface area contributed by atoms with Gasteiger partial charge in [0.1, 0.15) is 29.5 Å². The fourth-order valence-corrected chi connectivity index (χ4v) is 6.62. The van der Waals surface area contributed by atoms with E-state index >= 15 is 0 Å². The van der Waals surface area contributed by atoms with E-state index in [-0.39, 0.29) is 41.0 Å². The molecule has 6 rings (SSSR count). The van der Waals surface area contributed by atoms with Gasteiger partial charge in [0.2, 0.25) is 11.6 Å². The third-order valence-corrected chi connectivity index (χ3v) is 9.18. The minimum absolute atomic E-state index is 0.0280. The normalized spacial score (nSPS) is 25.9. The number of benzene rings is 3. The summed E-state index contributed by atoms with van der Waals surface area (Å²) < 4.78 is 27.3. The summed E-state index contributed by atoms with van der Waals surface area (Å²) in [7, 11) is 1.31. The lowest BCUT2D eigenvalue weighted by atomic mass is 9.72. The average molecular weight is 678 g/mol. The van der Waals surface area contributed by atoms with Crippen molar-refractivity contribution in [2.75, 3.05) is 13.7 Å². The number of phenolic OH excluding ortho intramolecular Hbond substituents is 2. The maximum Gasteiger partial charge on any atom is 0.509 e. The van der Waals surface area contributed by atoms with Gasteiger partial charge in [-0.3, -0.25) is 14.4 Å². The second kappa shape index (κ2) is 13.2. The topological polar surface area (TPSA) is 221 Å². The molecule has 14 nitrogen and oxygen atoms in total. The fourth-order valence-electron chi connectivity index (χ4n) is 6.62. The van der Waals surface area contributed by atoms with Gasteiger partial charge in [-0.05, 0) is 18.6 Å². The van der Waals surface area contributed by atoms with E-state index in [9.17, 15) is 39.6 Å². The van der Waals surface area contributed by atoms with E-state index in [1.165, 1.54) is 25.3 Å². The van der Waals surface area contributed by atoms with E-state index in [0.717, 1.165) is 0 Å². The smallest absolute Gasteiger partial charge is 0.507 e. The number of hydrogen-bond acceptors (Lipinski definition) is 14. The number of nitrogens with two attached hydrogens (primary N) is 1. The van der Waals surface area contributed by atoms with E-state index in [1.807, 2.05) is 0 Å². The first-order chi connectivity index (χ1) is 23.3. The van der Waals surface area contributed by atoms with E-state index in [1.54, 1.807) is 37.3 Å². The Bertz CT molecular complexity index is 1810. The third-order valence-electron chi connectivity index (χ3n) is 9.18. The first-order valence-electron chi connectivity index (χ1n) is 15.5. The number of ether oxygens (including phenoxy) is 5. The number of aliphatic hydroxyl groups is 2. The molecular formula is C35H35NO13. The van der Waals surface area contributed by atoms with E-state index < -0.39 is 102 Å². The van der Waals surface area contributed by atoms with Gasteiger partial charge in [0.05, 0.1) is 42.1 Å². The van der Waals surface area contributed by atoms with Gasteiger partial charge in [0, 0.05) is 42.0 Å². The lowest BCUT2D eigenvalue weighted by Gasteiger charge is -2.42. The van der Waals surface area contributed by atoms with Crippen LogP contribution < -0.4 is 10.5 Å². The molecule has 3 aliphatic rings. The van der Waals surface area contributed by atoms with Gasteiger partial charge in [-0.15, -0.1) is 0 Å². The summed E-state index contributed by atoms with van der Waals surface area (Å²) in [6.45, 7) is 0.512. The molecule has 2 aliphatic carbocycles. The fraction of sp³-hybridized carbons (Fsp3) is 0.371. The highest BCUT2D eigenvalue weighted by molar-refractivity contribution is 6.31. The predicted octanol–water partition coefficient (Wildman–Crippen LogP) is 2.36. The van der Waals surface area contributed by atoms with Crippen LogP contribution in [-0.2, 0) is 36.8 Å². The zero-order valence-electron chi connectivity index (χ0n) is 26.6. The highest BCUT2D eigenvalue weighted by Gasteiger charge is 2.50. The minimum atomic E-state index is -2.37. The first kappa shape index (κ1) is 34.0. The summed E-state index contributed by atoms with van der Waals surface area (Å²) in [5.41, 5.74) is 2.76. The molecule has 0 spiro atoms. The average Bonchev–Trinajstić information content (AvgIpc) is 3.08. The molecule has 0 saturated carbocycles. The van der Waals surface area contributed by atoms with Gasteiger partial charge in [0.25, 0.3) is 0 Å². The number of ketones is 3. The molecule has 1 heterocycles. The maximum atomic E-state index is 13.9. The number of aliphatic hydroxyl groups excluding tert-OH is 1. The Morgan fingerprint density at radius 3 is 2.39 bits per heavy atom. The number of hydrogen-bond donors (Lipinski definition) is 5. The van der Waals surface area contributed by atoms with Crippen molar-refractivity contribution in [3.8, 4) is 17.2 Å². The molecule has 3 aromatic rings. The van der Waals surface area contributed by atoms with Gasteiger partial charge in [-0.1, -0.05) is 42.5 Å². The molecule has 0 unspecified atom stereocenters. The Labute approximate surface area is 279 Å². The van der Waals surface area contributed by atoms with Crippen LogP contribution in [0.15, 0.2) is 48.5 Å². The molecule has 1 aliphatic heterocycles. The van der Waals surface area contributed by atoms with Crippen molar-refractivity contribution in [2.24, 2.45) is 5.73 Å². The molecule has 0 radical (unpaired) electrons. The number of rotatable bonds is 8. The van der Waals surface area contributed by atoms with Gasteiger partial charge in [-0.2, -0.15) is 0 Å². The van der Waals surface area contributed by atoms with E-state index in [0.29, 0.717) is 5.56 Å². The molecule has 0 aromatic heterocycles. The molecule has 3 aromatic carbocycles. The van der Waals surface area contributed by atoms with Crippen molar-refractivity contribution in [3.05, 3.63) is 87.5 Å². The Morgan fingerprint density at radius 1 is 0.980 bits per heavy atom. The maximum absolute atomic E-state index is 13.9. The zero-order chi connectivity index (χ0) is 35.2. The van der Waals surface area contributed by atoms with Gasteiger partial charge < -0.3 is 49.8 Å². The molecular weight excluding hydrogens is 642 g/mol. The molecule has 6 N–H and O–H groups in total. The van der Waals surface area contributed by atoms with Crippen molar-refractivity contribution >= 4 is 23.5 Å². The molecule has 6 atom stereocenters. The Balaban J connectivity index is 1.35. The van der Waals surface area contributed by atoms with Crippen LogP contribution >= 0.6 is 0 Å². The highest BCUT2D eigenvalue weighted by atomic mass is 16.7. The largest absolute Gasteiger partial charge is 0.509 e. The van der Waals surface area contributed by atoms with Crippen molar-refractivity contribution in [2.45, 2.75) is 69.0 Å². The number of aromatic hydroxyl groups is 2. The van der Waals surface area contributed by atoms with Crippen LogP contribution in [0.5, 0.6) is 17.2 Å². The lowest BCUT2D eigenvalue weighted by molar-refractivity contribution is -0.247. The van der Waals surface area contributed by atoms with Gasteiger partial charge in [0.15, 0.2) is 18.7 Å². The number of carbonyl (C=O) groups excluding carboxylic acids is 4. The van der Waals surface area contributed by atoms with Crippen LogP contribution in [0.4, 0.5) is 4.79 Å². The molecule has 0 amide bonds. The Hall–Kier alpha value is -4.86. The van der Waals surface area contributed by atoms with Crippen LogP contribution in [0.25, 0.3) is 0 Å². The SMILES string of the molecule is COc1cccc2c1C(=O)c1c(O)c3c(c(O)c1C2=O)C[C@@](O)(C(=O)COC(=O)OCc1ccccc1)C[C@@H]3O[C@H]1C[C@H](N)[C@H](O)[C@H](C)O1. The minimum Gasteiger partial charge on any atom is -0.507 e. The van der Waals surface area contributed by atoms with E-state index in [4.69, 9.17) is 29.4 Å². The third kappa shape index (κ3) is 6.13. The number of phenols is 2. The summed E-state index contributed by atoms with van der Waals surface area (Å²) >= 11 is 0. The number of carbonyl (C=O) groups is 4. The molecule has 258 valence electrons. The summed E-state index contributed by atoms with van der Waals surface area (Å²) in [5.74, 6) is -3.98. The molecule has 0 bridgehead atoms. The Kier molecular flexibility index (Phi) is 9.17. The Morgan fingerprint density at radius 2 is 1.69 bits per heavy atom. The molecule has 49 heavy (non-hydrogen) atoms. The summed E-state index contributed by atoms with van der Waals surface area (Å²) in [5, 5.41) is 45.4. The second-order valence-corrected chi connectivity index (χ2v) is 12.3. The summed E-state index contributed by atoms with van der Waals surface area (Å²) in [6, 6.07) is 12.3. The number of Topliss-reactive ketones (excluding diaryl/α,β-unsaturated/α-hetero) is 1. The second-order valence-electron chi connectivity index (χ2n) is 12.3. The standard InChI is InChI=1S/C35H35NO13/c1-16-29(38)20(36)11-24(48-16)49-22-13-35(44,23(37)15-47-34(43)46-14-17-7-4-3-5-8-17)12-19-26(22)33(42)28-27(31(19)40)30(39)18-9-6-10-21(45-2)25(18)32(28)41/h3-10,16,20,22,24,29,38,40,42,44H,11-15,36H2,1-2H3/t16-,20-,22-,24-,29+,35-/m0/s1. The van der Waals surface area contributed by atoms with Crippen LogP contribution in [0.1, 0.15) is 74.4 Å². The monoisotopic (exact) mass is 677 g/mol. The highest BCUT2D eigenvalue weighted by Crippen LogP contribution is 2.52. The van der Waals surface area contributed by atoms with Crippen LogP contribution in [0, 0.1) is 0 Å². The summed E-state index contributed by atoms with van der Waals surface area (Å²) in [4.78, 5) is 53.4. The molecule has 14 heteroatoms. The quantitative estimate of drug-likeness (QED) is 0.134. The first-order valence-corrected chi connectivity index (χ1v) is 15.5. The van der Waals surface area contributed by atoms with Crippen molar-refractivity contribution < 1.29 is 63.3 Å². The summed E-state index contributed by atoms with van der Waals surface area (Å²) in [6.07, 6.45) is -6.75. The number of fused-ring (bicyclic) bond motifs is 3. The lowest BCUT2D eigenvalue weighted by Crippen LogP contribution is -2.53. The zero-order valence-corrected chi connectivity index (χ0v) is 26.6. The molecule has 1 fully saturated rings. The van der Waals surface area contributed by atoms with E-state index in [2.05, 4.69) is 0 Å². The van der Waals surface area contributed by atoms with Crippen LogP contribution in [0.2, 0.25) is 0 Å². The van der Waals surface area contributed by atoms with Crippen molar-refractivity contribution in [1.29, 1.82) is 0 Å².